The van der Waals surface area contributed by atoms with Crippen LogP contribution in [0, 0.1) is 0 Å². The molecule has 0 amide bonds. The fourth-order valence-electron chi connectivity index (χ4n) is 3.36. The Morgan fingerprint density at radius 2 is 0.881 bits per heavy atom. The molecule has 0 spiro atoms. The Bertz CT molecular complexity index is 866. The van der Waals surface area contributed by atoms with Crippen LogP contribution >= 0.6 is 0 Å². The molecule has 0 heterocycles. The third kappa shape index (κ3) is 8.14. The molecule has 0 unspecified atom stereocenters. The predicted octanol–water partition coefficient (Wildman–Crippen LogP) is 10.0. The van der Waals surface area contributed by atoms with Gasteiger partial charge in [-0.05, 0) is 19.3 Å². The Hall–Kier alpha value is -1.98. The lowest BCUT2D eigenvalue weighted by Gasteiger charge is -2.42. The van der Waals surface area contributed by atoms with Crippen LogP contribution in [-0.4, -0.2) is 60.2 Å². The van der Waals surface area contributed by atoms with Gasteiger partial charge in [-0.2, -0.15) is 74.6 Å². The van der Waals surface area contributed by atoms with E-state index in [0.717, 1.165) is 0 Å². The lowest BCUT2D eigenvalue weighted by Crippen LogP contribution is -2.74. The van der Waals surface area contributed by atoms with Gasteiger partial charge < -0.3 is 4.74 Å². The van der Waals surface area contributed by atoms with E-state index in [1.165, 1.54) is 6.08 Å². The molecule has 0 radical (unpaired) electrons. The Morgan fingerprint density at radius 3 is 1.29 bits per heavy atom. The molecular weight excluding hydrogens is 631 g/mol. The van der Waals surface area contributed by atoms with Crippen molar-refractivity contribution in [1.82, 2.24) is 0 Å². The van der Waals surface area contributed by atoms with Crippen molar-refractivity contribution in [2.24, 2.45) is 0 Å². The second-order valence-corrected chi connectivity index (χ2v) is 9.27. The summed E-state index contributed by atoms with van der Waals surface area (Å²) in [5, 5.41) is 0. The van der Waals surface area contributed by atoms with Crippen molar-refractivity contribution < 1.29 is 84.2 Å². The summed E-state index contributed by atoms with van der Waals surface area (Å²) in [6.45, 7) is 3.60. The Balaban J connectivity index is 5.14. The van der Waals surface area contributed by atoms with Crippen LogP contribution in [0.4, 0.5) is 74.6 Å². The van der Waals surface area contributed by atoms with Gasteiger partial charge in [0, 0.05) is 12.8 Å². The van der Waals surface area contributed by atoms with Crippen LogP contribution in [0.2, 0.25) is 0 Å². The van der Waals surface area contributed by atoms with Gasteiger partial charge in [-0.15, -0.1) is 6.58 Å². The molecule has 2 nitrogen and oxygen atoms in total. The fraction of sp³-hybridized carbons (Fsp3) is 0.870. The number of hydrogen-bond acceptors (Lipinski definition) is 2. The SMILES string of the molecule is C=CCCOC(=O)CCCCCCCCCCC(F)(F)C(F)(F)C(F)(F)C(F)(F)C(F)(F)C(F)(F)C(F)(F)C(F)(F)F. The molecule has 42 heavy (non-hydrogen) atoms. The normalized spacial score (nSPS) is 14.7. The second-order valence-electron chi connectivity index (χ2n) is 9.27. The maximum atomic E-state index is 13.8. The molecular formula is C23H27F17O2. The first-order valence-corrected chi connectivity index (χ1v) is 12.2. The Labute approximate surface area is 228 Å². The molecule has 0 bridgehead atoms. The lowest BCUT2D eigenvalue weighted by molar-refractivity contribution is -0.461. The highest BCUT2D eigenvalue weighted by Crippen LogP contribution is 2.64. The summed E-state index contributed by atoms with van der Waals surface area (Å²) in [7, 11) is 0. The monoisotopic (exact) mass is 658 g/mol. The number of unbranched alkanes of at least 4 members (excludes halogenated alkanes) is 7. The average Bonchev–Trinajstić information content (AvgIpc) is 2.83. The van der Waals surface area contributed by atoms with Gasteiger partial charge in [0.05, 0.1) is 6.61 Å². The van der Waals surface area contributed by atoms with Crippen molar-refractivity contribution >= 4 is 5.97 Å². The van der Waals surface area contributed by atoms with Crippen molar-refractivity contribution in [3.05, 3.63) is 12.7 Å². The zero-order valence-electron chi connectivity index (χ0n) is 21.5. The summed E-state index contributed by atoms with van der Waals surface area (Å²) in [5.41, 5.74) is 0. The van der Waals surface area contributed by atoms with E-state index in [2.05, 4.69) is 6.58 Å². The number of ether oxygens (including phenoxy) is 1. The number of esters is 1. The van der Waals surface area contributed by atoms with Crippen LogP contribution in [0.15, 0.2) is 12.7 Å². The van der Waals surface area contributed by atoms with E-state index in [9.17, 15) is 79.4 Å². The minimum absolute atomic E-state index is 0.00534. The molecule has 0 N–H and O–H groups in total. The van der Waals surface area contributed by atoms with E-state index < -0.39 is 72.9 Å². The molecule has 0 fully saturated rings. The molecule has 0 aliphatic carbocycles. The second kappa shape index (κ2) is 14.2. The van der Waals surface area contributed by atoms with Crippen molar-refractivity contribution in [1.29, 1.82) is 0 Å². The van der Waals surface area contributed by atoms with Crippen molar-refractivity contribution in [2.45, 2.75) is 118 Å². The predicted molar refractivity (Wildman–Crippen MR) is 113 cm³/mol. The first-order chi connectivity index (χ1) is 18.7. The van der Waals surface area contributed by atoms with Crippen molar-refractivity contribution in [3.8, 4) is 0 Å². The molecule has 0 aliphatic rings. The van der Waals surface area contributed by atoms with Gasteiger partial charge in [0.2, 0.25) is 0 Å². The van der Waals surface area contributed by atoms with Gasteiger partial charge >= 0.3 is 53.6 Å². The molecule has 0 saturated carbocycles. The van der Waals surface area contributed by atoms with Gasteiger partial charge in [-0.25, -0.2) is 0 Å². The van der Waals surface area contributed by atoms with Crippen LogP contribution in [0.3, 0.4) is 0 Å². The maximum Gasteiger partial charge on any atom is 0.460 e. The molecule has 19 heteroatoms. The summed E-state index contributed by atoms with van der Waals surface area (Å²) < 4.78 is 230. The molecule has 0 rings (SSSR count). The van der Waals surface area contributed by atoms with Gasteiger partial charge in [0.1, 0.15) is 0 Å². The van der Waals surface area contributed by atoms with Gasteiger partial charge in [-0.3, -0.25) is 4.79 Å². The summed E-state index contributed by atoms with van der Waals surface area (Å²) >= 11 is 0. The van der Waals surface area contributed by atoms with E-state index in [1.807, 2.05) is 0 Å². The lowest BCUT2D eigenvalue weighted by atomic mass is 9.87. The molecule has 0 aromatic carbocycles. The van der Waals surface area contributed by atoms with E-state index in [1.54, 1.807) is 0 Å². The fourth-order valence-corrected chi connectivity index (χ4v) is 3.36. The summed E-state index contributed by atoms with van der Waals surface area (Å²) in [4.78, 5) is 11.4. The summed E-state index contributed by atoms with van der Waals surface area (Å²) in [6.07, 6.45) is -7.42. The topological polar surface area (TPSA) is 26.3 Å². The quantitative estimate of drug-likeness (QED) is 0.0564. The van der Waals surface area contributed by atoms with E-state index in [4.69, 9.17) is 4.74 Å². The average molecular weight is 658 g/mol. The molecule has 250 valence electrons. The number of hydrogen-bond donors (Lipinski definition) is 0. The largest absolute Gasteiger partial charge is 0.465 e. The van der Waals surface area contributed by atoms with Gasteiger partial charge in [0.25, 0.3) is 0 Å². The smallest absolute Gasteiger partial charge is 0.460 e. The first-order valence-electron chi connectivity index (χ1n) is 12.2. The standard InChI is InChI=1S/C23H27F17O2/c1-2-3-14-42-15(41)12-10-8-6-4-5-7-9-11-13-16(24,25)17(26,27)18(28,29)19(30,31)20(32,33)21(34,35)22(36,37)23(38,39)40/h2H,1,3-14H2. The zero-order chi connectivity index (χ0) is 33.5. The number of alkyl halides is 17. The number of halogens is 17. The molecule has 0 atom stereocenters. The first kappa shape index (κ1) is 40.0. The van der Waals surface area contributed by atoms with Crippen molar-refractivity contribution in [3.63, 3.8) is 0 Å². The molecule has 0 saturated heterocycles. The highest BCUT2D eigenvalue weighted by atomic mass is 19.4. The summed E-state index contributed by atoms with van der Waals surface area (Å²) in [6, 6.07) is 0. The van der Waals surface area contributed by atoms with Crippen LogP contribution in [0.25, 0.3) is 0 Å². The van der Waals surface area contributed by atoms with Gasteiger partial charge in [-0.1, -0.05) is 44.6 Å². The third-order valence-electron chi connectivity index (χ3n) is 5.99. The Kier molecular flexibility index (Phi) is 13.5. The van der Waals surface area contributed by atoms with E-state index in [-0.39, 0.29) is 25.9 Å². The van der Waals surface area contributed by atoms with E-state index in [0.29, 0.717) is 32.1 Å². The minimum atomic E-state index is -8.60. The number of carbonyl (C=O) groups excluding carboxylic acids is 1. The molecule has 0 aromatic heterocycles. The van der Waals surface area contributed by atoms with Gasteiger partial charge in [0.15, 0.2) is 0 Å². The van der Waals surface area contributed by atoms with Crippen LogP contribution < -0.4 is 0 Å². The third-order valence-corrected chi connectivity index (χ3v) is 5.99. The van der Waals surface area contributed by atoms with Crippen LogP contribution in [0.5, 0.6) is 0 Å². The number of rotatable bonds is 20. The van der Waals surface area contributed by atoms with Crippen LogP contribution in [-0.2, 0) is 9.53 Å². The van der Waals surface area contributed by atoms with Crippen LogP contribution in [0.1, 0.15) is 70.6 Å². The Morgan fingerprint density at radius 1 is 0.524 bits per heavy atom. The molecule has 0 aliphatic heterocycles. The summed E-state index contributed by atoms with van der Waals surface area (Å²) in [5.74, 6) is -56.4. The molecule has 0 aromatic rings. The number of carbonyl (C=O) groups is 1. The van der Waals surface area contributed by atoms with E-state index >= 15 is 0 Å². The highest BCUT2D eigenvalue weighted by Gasteiger charge is 2.95. The highest BCUT2D eigenvalue weighted by molar-refractivity contribution is 5.69. The van der Waals surface area contributed by atoms with Crippen molar-refractivity contribution in [2.75, 3.05) is 6.61 Å². The minimum Gasteiger partial charge on any atom is -0.465 e. The maximum absolute atomic E-state index is 13.8. The zero-order valence-corrected chi connectivity index (χ0v) is 21.5.